The molecule has 1 unspecified atom stereocenters. The van der Waals surface area contributed by atoms with E-state index in [1.54, 1.807) is 6.07 Å². The summed E-state index contributed by atoms with van der Waals surface area (Å²) in [4.78, 5) is 17.2. The van der Waals surface area contributed by atoms with Gasteiger partial charge in [0.05, 0.1) is 23.1 Å². The van der Waals surface area contributed by atoms with Crippen LogP contribution in [-0.4, -0.2) is 17.5 Å². The topological polar surface area (TPSA) is 60.5 Å². The van der Waals surface area contributed by atoms with Crippen LogP contribution in [0.5, 0.6) is 11.5 Å². The summed E-state index contributed by atoms with van der Waals surface area (Å²) in [6, 6.07) is 18.8. The number of anilines is 1. The van der Waals surface area contributed by atoms with Crippen LogP contribution in [0.1, 0.15) is 53.7 Å². The van der Waals surface area contributed by atoms with Gasteiger partial charge in [0.15, 0.2) is 0 Å². The third kappa shape index (κ3) is 5.67. The van der Waals surface area contributed by atoms with Gasteiger partial charge in [-0.05, 0) is 75.7 Å². The smallest absolute Gasteiger partial charge is 0.257 e. The number of hydrogen-bond acceptors (Lipinski definition) is 4. The normalized spacial score (nSPS) is 11.7. The molecule has 2 aromatic carbocycles. The zero-order valence-electron chi connectivity index (χ0n) is 17.9. The number of carbonyl (C=O) groups excluding carboxylic acids is 1. The molecule has 0 aliphatic rings. The molecule has 30 heavy (non-hydrogen) atoms. The molecule has 3 rings (SSSR count). The average Bonchev–Trinajstić information content (AvgIpc) is 2.74. The van der Waals surface area contributed by atoms with E-state index in [-0.39, 0.29) is 12.0 Å². The highest BCUT2D eigenvalue weighted by Crippen LogP contribution is 2.24. The summed E-state index contributed by atoms with van der Waals surface area (Å²) in [5.74, 6) is 1.29. The molecular weight excluding hydrogens is 376 g/mol. The number of hydrogen-bond donors (Lipinski definition) is 1. The van der Waals surface area contributed by atoms with Crippen molar-refractivity contribution in [2.24, 2.45) is 0 Å². The molecule has 1 heterocycles. The van der Waals surface area contributed by atoms with E-state index in [2.05, 4.69) is 17.2 Å². The van der Waals surface area contributed by atoms with Crippen LogP contribution in [0.4, 0.5) is 5.69 Å². The Morgan fingerprint density at radius 2 is 1.60 bits per heavy atom. The molecule has 0 spiro atoms. The summed E-state index contributed by atoms with van der Waals surface area (Å²) in [6.45, 7) is 8.60. The third-order valence-electron chi connectivity index (χ3n) is 4.71. The van der Waals surface area contributed by atoms with Gasteiger partial charge >= 0.3 is 0 Å². The van der Waals surface area contributed by atoms with Crippen molar-refractivity contribution in [3.8, 4) is 11.5 Å². The Morgan fingerprint density at radius 3 is 2.20 bits per heavy atom. The van der Waals surface area contributed by atoms with Gasteiger partial charge in [-0.3, -0.25) is 9.78 Å². The fraction of sp³-hybridized carbons (Fsp3) is 0.280. The first-order valence-electron chi connectivity index (χ1n) is 10.2. The summed E-state index contributed by atoms with van der Waals surface area (Å²) < 4.78 is 11.5. The number of benzene rings is 2. The number of nitrogens with one attached hydrogen (secondary N) is 1. The van der Waals surface area contributed by atoms with Gasteiger partial charge in [-0.1, -0.05) is 24.6 Å². The number of rotatable bonds is 8. The molecule has 0 radical (unpaired) electrons. The lowest BCUT2D eigenvalue weighted by Crippen LogP contribution is -2.15. The van der Waals surface area contributed by atoms with E-state index in [1.165, 1.54) is 5.56 Å². The fourth-order valence-electron chi connectivity index (χ4n) is 2.97. The number of aryl methyl sites for hydroxylation is 2. The van der Waals surface area contributed by atoms with E-state index in [0.717, 1.165) is 17.9 Å². The molecule has 1 N–H and O–H groups in total. The Morgan fingerprint density at radius 1 is 0.967 bits per heavy atom. The fourth-order valence-corrected chi connectivity index (χ4v) is 2.97. The number of nitrogens with zero attached hydrogens (tertiary/aromatic N) is 1. The lowest BCUT2D eigenvalue weighted by atomic mass is 10.1. The molecular formula is C25H28N2O3. The Balaban J connectivity index is 1.63. The highest BCUT2D eigenvalue weighted by Gasteiger charge is 2.14. The van der Waals surface area contributed by atoms with Crippen molar-refractivity contribution < 1.29 is 14.3 Å². The van der Waals surface area contributed by atoms with Crippen LogP contribution in [0.2, 0.25) is 0 Å². The molecule has 1 aromatic heterocycles. The standard InChI is InChI=1S/C25H28N2O3/c1-5-16-29-19(4)24-15-14-23(18(3)26-24)25(28)27-20-8-12-22(13-9-20)30-21-10-6-17(2)7-11-21/h6-15,19H,5,16H2,1-4H3,(H,27,28). The predicted octanol–water partition coefficient (Wildman–Crippen LogP) is 6.23. The van der Waals surface area contributed by atoms with E-state index in [0.29, 0.717) is 29.3 Å². The predicted molar refractivity (Wildman–Crippen MR) is 119 cm³/mol. The first-order chi connectivity index (χ1) is 14.5. The number of pyridine rings is 1. The van der Waals surface area contributed by atoms with Crippen molar-refractivity contribution in [2.45, 2.75) is 40.2 Å². The van der Waals surface area contributed by atoms with Crippen LogP contribution in [0.15, 0.2) is 60.7 Å². The van der Waals surface area contributed by atoms with E-state index in [1.807, 2.05) is 75.4 Å². The van der Waals surface area contributed by atoms with Gasteiger partial charge in [0.1, 0.15) is 11.5 Å². The zero-order chi connectivity index (χ0) is 21.5. The highest BCUT2D eigenvalue weighted by molar-refractivity contribution is 6.05. The van der Waals surface area contributed by atoms with Gasteiger partial charge in [0.2, 0.25) is 0 Å². The van der Waals surface area contributed by atoms with Gasteiger partial charge in [0.25, 0.3) is 5.91 Å². The first-order valence-corrected chi connectivity index (χ1v) is 10.2. The third-order valence-corrected chi connectivity index (χ3v) is 4.71. The average molecular weight is 405 g/mol. The summed E-state index contributed by atoms with van der Waals surface area (Å²) in [7, 11) is 0. The van der Waals surface area contributed by atoms with Crippen LogP contribution in [0.25, 0.3) is 0 Å². The second kappa shape index (κ2) is 10.0. The molecule has 0 saturated heterocycles. The second-order valence-electron chi connectivity index (χ2n) is 7.28. The summed E-state index contributed by atoms with van der Waals surface area (Å²) in [6.07, 6.45) is 0.861. The minimum absolute atomic E-state index is 0.0955. The highest BCUT2D eigenvalue weighted by atomic mass is 16.5. The number of aromatic nitrogens is 1. The molecule has 0 aliphatic heterocycles. The van der Waals surface area contributed by atoms with Gasteiger partial charge < -0.3 is 14.8 Å². The maximum absolute atomic E-state index is 12.7. The number of carbonyl (C=O) groups is 1. The summed E-state index contributed by atoms with van der Waals surface area (Å²) in [5, 5.41) is 2.91. The van der Waals surface area contributed by atoms with Crippen molar-refractivity contribution in [1.82, 2.24) is 4.98 Å². The van der Waals surface area contributed by atoms with Gasteiger partial charge in [-0.25, -0.2) is 0 Å². The Labute approximate surface area is 178 Å². The van der Waals surface area contributed by atoms with Crippen LogP contribution >= 0.6 is 0 Å². The Kier molecular flexibility index (Phi) is 7.20. The lowest BCUT2D eigenvalue weighted by molar-refractivity contribution is 0.0632. The zero-order valence-corrected chi connectivity index (χ0v) is 17.9. The van der Waals surface area contributed by atoms with Gasteiger partial charge in [0, 0.05) is 12.3 Å². The van der Waals surface area contributed by atoms with E-state index in [4.69, 9.17) is 9.47 Å². The van der Waals surface area contributed by atoms with Gasteiger partial charge in [-0.2, -0.15) is 0 Å². The Hall–Kier alpha value is -3.18. The Bertz CT molecular complexity index is 982. The van der Waals surface area contributed by atoms with E-state index in [9.17, 15) is 4.79 Å². The van der Waals surface area contributed by atoms with Crippen molar-refractivity contribution in [2.75, 3.05) is 11.9 Å². The van der Waals surface area contributed by atoms with Crippen molar-refractivity contribution in [3.63, 3.8) is 0 Å². The molecule has 1 amide bonds. The van der Waals surface area contributed by atoms with E-state index >= 15 is 0 Å². The molecule has 0 bridgehead atoms. The van der Waals surface area contributed by atoms with Crippen LogP contribution in [-0.2, 0) is 4.74 Å². The molecule has 156 valence electrons. The SMILES string of the molecule is CCCOC(C)c1ccc(C(=O)Nc2ccc(Oc3ccc(C)cc3)cc2)c(C)n1. The molecule has 1 atom stereocenters. The number of ether oxygens (including phenoxy) is 2. The van der Waals surface area contributed by atoms with Crippen LogP contribution in [0.3, 0.4) is 0 Å². The molecule has 3 aromatic rings. The molecule has 0 fully saturated rings. The molecule has 0 aliphatic carbocycles. The van der Waals surface area contributed by atoms with Crippen molar-refractivity contribution >= 4 is 11.6 Å². The minimum Gasteiger partial charge on any atom is -0.457 e. The first kappa shape index (κ1) is 21.5. The van der Waals surface area contributed by atoms with Crippen molar-refractivity contribution in [1.29, 1.82) is 0 Å². The second-order valence-corrected chi connectivity index (χ2v) is 7.28. The molecule has 5 nitrogen and oxygen atoms in total. The molecule has 5 heteroatoms. The maximum atomic E-state index is 12.7. The quantitative estimate of drug-likeness (QED) is 0.483. The van der Waals surface area contributed by atoms with Crippen LogP contribution in [0, 0.1) is 13.8 Å². The molecule has 0 saturated carbocycles. The van der Waals surface area contributed by atoms with E-state index < -0.39 is 0 Å². The summed E-state index contributed by atoms with van der Waals surface area (Å²) in [5.41, 5.74) is 3.92. The number of amides is 1. The largest absolute Gasteiger partial charge is 0.457 e. The van der Waals surface area contributed by atoms with Crippen LogP contribution < -0.4 is 10.1 Å². The van der Waals surface area contributed by atoms with Gasteiger partial charge in [-0.15, -0.1) is 0 Å². The van der Waals surface area contributed by atoms with Crippen molar-refractivity contribution in [3.05, 3.63) is 83.2 Å². The maximum Gasteiger partial charge on any atom is 0.257 e. The summed E-state index contributed by atoms with van der Waals surface area (Å²) >= 11 is 0. The minimum atomic E-state index is -0.194. The lowest BCUT2D eigenvalue weighted by Gasteiger charge is -2.14. The monoisotopic (exact) mass is 404 g/mol.